The van der Waals surface area contributed by atoms with Gasteiger partial charge in [-0.25, -0.2) is 13.4 Å². The molecule has 0 aliphatic carbocycles. The predicted octanol–water partition coefficient (Wildman–Crippen LogP) is 1.98. The van der Waals surface area contributed by atoms with E-state index in [0.717, 1.165) is 12.0 Å². The van der Waals surface area contributed by atoms with Crippen molar-refractivity contribution in [3.8, 4) is 5.88 Å². The lowest BCUT2D eigenvalue weighted by Gasteiger charge is -2.18. The molecule has 0 saturated carbocycles. The summed E-state index contributed by atoms with van der Waals surface area (Å²) in [6.07, 6.45) is 4.39. The molecule has 144 valence electrons. The molecule has 0 radical (unpaired) electrons. The monoisotopic (exact) mass is 484 g/mol. The summed E-state index contributed by atoms with van der Waals surface area (Å²) in [6.45, 7) is 5.12. The molecule has 0 aliphatic heterocycles. The second-order valence-electron chi connectivity index (χ2n) is 5.71. The van der Waals surface area contributed by atoms with Gasteiger partial charge in [0.05, 0.1) is 12.4 Å². The van der Waals surface area contributed by atoms with E-state index in [0.29, 0.717) is 31.4 Å². The number of ether oxygens (including phenoxy) is 1. The minimum absolute atomic E-state index is 0. The van der Waals surface area contributed by atoms with Crippen molar-refractivity contribution >= 4 is 39.8 Å². The minimum atomic E-state index is -2.96. The second-order valence-corrected chi connectivity index (χ2v) is 7.97. The van der Waals surface area contributed by atoms with Crippen molar-refractivity contribution in [3.63, 3.8) is 0 Å². The molecule has 9 heteroatoms. The molecule has 2 N–H and O–H groups in total. The lowest BCUT2D eigenvalue weighted by atomic mass is 10.2. The van der Waals surface area contributed by atoms with Crippen molar-refractivity contribution < 1.29 is 13.2 Å². The zero-order chi connectivity index (χ0) is 18.0. The SMILES string of the molecule is CCCOc1ncccc1CNC(=NC)NC(C)CCS(C)(=O)=O.I. The Labute approximate surface area is 168 Å². The molecule has 1 unspecified atom stereocenters. The standard InChI is InChI=1S/C16H28N4O3S.HI/c1-5-10-23-15-14(7-6-9-18-15)12-19-16(17-3)20-13(2)8-11-24(4,21)22;/h6-7,9,13H,5,8,10-12H2,1-4H3,(H2,17,19,20);1H. The number of hydrogen-bond donors (Lipinski definition) is 2. The van der Waals surface area contributed by atoms with Crippen LogP contribution in [0.2, 0.25) is 0 Å². The number of sulfone groups is 1. The Morgan fingerprint density at radius 1 is 1.44 bits per heavy atom. The van der Waals surface area contributed by atoms with E-state index >= 15 is 0 Å². The van der Waals surface area contributed by atoms with Crippen LogP contribution in [0.3, 0.4) is 0 Å². The van der Waals surface area contributed by atoms with Crippen molar-refractivity contribution in [2.24, 2.45) is 4.99 Å². The first-order chi connectivity index (χ1) is 11.4. The summed E-state index contributed by atoms with van der Waals surface area (Å²) in [4.78, 5) is 8.41. The molecular weight excluding hydrogens is 455 g/mol. The van der Waals surface area contributed by atoms with Crippen LogP contribution in [0.1, 0.15) is 32.3 Å². The highest BCUT2D eigenvalue weighted by molar-refractivity contribution is 14.0. The number of pyridine rings is 1. The summed E-state index contributed by atoms with van der Waals surface area (Å²) in [5, 5.41) is 6.39. The number of aliphatic imine (C=N–C) groups is 1. The number of guanidine groups is 1. The van der Waals surface area contributed by atoms with Crippen molar-refractivity contribution in [2.45, 2.75) is 39.3 Å². The van der Waals surface area contributed by atoms with Crippen LogP contribution in [0.15, 0.2) is 23.3 Å². The first-order valence-corrected chi connectivity index (χ1v) is 10.1. The van der Waals surface area contributed by atoms with E-state index < -0.39 is 9.84 Å². The number of hydrogen-bond acceptors (Lipinski definition) is 5. The van der Waals surface area contributed by atoms with Gasteiger partial charge < -0.3 is 15.4 Å². The van der Waals surface area contributed by atoms with Gasteiger partial charge in [-0.15, -0.1) is 24.0 Å². The summed E-state index contributed by atoms with van der Waals surface area (Å²) in [6, 6.07) is 3.81. The van der Waals surface area contributed by atoms with Gasteiger partial charge >= 0.3 is 0 Å². The Kier molecular flexibility index (Phi) is 11.7. The quantitative estimate of drug-likeness (QED) is 0.317. The van der Waals surface area contributed by atoms with Crippen LogP contribution in [0.25, 0.3) is 0 Å². The van der Waals surface area contributed by atoms with Gasteiger partial charge in [-0.2, -0.15) is 0 Å². The number of halogens is 1. The van der Waals surface area contributed by atoms with E-state index in [1.807, 2.05) is 26.0 Å². The van der Waals surface area contributed by atoms with Gasteiger partial charge in [0, 0.05) is 37.7 Å². The van der Waals surface area contributed by atoms with Crippen molar-refractivity contribution in [1.82, 2.24) is 15.6 Å². The molecule has 0 spiro atoms. The molecule has 1 rings (SSSR count). The van der Waals surface area contributed by atoms with Crippen LogP contribution in [-0.4, -0.2) is 51.1 Å². The highest BCUT2D eigenvalue weighted by atomic mass is 127. The zero-order valence-corrected chi connectivity index (χ0v) is 18.4. The van der Waals surface area contributed by atoms with Crippen LogP contribution >= 0.6 is 24.0 Å². The molecule has 0 bridgehead atoms. The van der Waals surface area contributed by atoms with E-state index in [4.69, 9.17) is 4.74 Å². The molecule has 0 amide bonds. The molecule has 7 nitrogen and oxygen atoms in total. The Hall–Kier alpha value is -1.10. The maximum atomic E-state index is 11.2. The third-order valence-corrected chi connectivity index (χ3v) is 4.24. The number of nitrogens with zero attached hydrogens (tertiary/aromatic N) is 2. The lowest BCUT2D eigenvalue weighted by molar-refractivity contribution is 0.301. The molecule has 1 aromatic heterocycles. The van der Waals surface area contributed by atoms with Gasteiger partial charge in [-0.1, -0.05) is 13.0 Å². The molecule has 0 saturated heterocycles. The highest BCUT2D eigenvalue weighted by Gasteiger charge is 2.10. The largest absolute Gasteiger partial charge is 0.477 e. The van der Waals surface area contributed by atoms with Crippen LogP contribution in [0.4, 0.5) is 0 Å². The fourth-order valence-corrected chi connectivity index (χ4v) is 2.74. The van der Waals surface area contributed by atoms with Crippen LogP contribution in [-0.2, 0) is 16.4 Å². The Balaban J connectivity index is 0.00000576. The van der Waals surface area contributed by atoms with Crippen LogP contribution in [0, 0.1) is 0 Å². The third kappa shape index (κ3) is 10.5. The number of nitrogens with one attached hydrogen (secondary N) is 2. The summed E-state index contributed by atoms with van der Waals surface area (Å²) in [7, 11) is -1.28. The van der Waals surface area contributed by atoms with E-state index in [1.54, 1.807) is 13.2 Å². The van der Waals surface area contributed by atoms with Gasteiger partial charge in [-0.05, 0) is 25.8 Å². The number of aromatic nitrogens is 1. The predicted molar refractivity (Wildman–Crippen MR) is 113 cm³/mol. The molecule has 1 aromatic rings. The normalized spacial score (nSPS) is 12.9. The lowest BCUT2D eigenvalue weighted by Crippen LogP contribution is -2.42. The fourth-order valence-electron chi connectivity index (χ4n) is 1.96. The summed E-state index contributed by atoms with van der Waals surface area (Å²) in [5.74, 6) is 1.38. The van der Waals surface area contributed by atoms with Crippen molar-refractivity contribution in [1.29, 1.82) is 0 Å². The second kappa shape index (κ2) is 12.3. The molecular formula is C16H29IN4O3S. The van der Waals surface area contributed by atoms with Gasteiger partial charge in [-0.3, -0.25) is 4.99 Å². The fraction of sp³-hybridized carbons (Fsp3) is 0.625. The van der Waals surface area contributed by atoms with E-state index in [1.165, 1.54) is 6.26 Å². The van der Waals surface area contributed by atoms with E-state index in [2.05, 4.69) is 20.6 Å². The molecule has 0 fully saturated rings. The topological polar surface area (TPSA) is 92.7 Å². The zero-order valence-electron chi connectivity index (χ0n) is 15.3. The van der Waals surface area contributed by atoms with Crippen molar-refractivity contribution in [3.05, 3.63) is 23.9 Å². The molecule has 1 heterocycles. The first kappa shape index (κ1) is 23.9. The third-order valence-electron chi connectivity index (χ3n) is 3.27. The van der Waals surface area contributed by atoms with Crippen LogP contribution < -0.4 is 15.4 Å². The Morgan fingerprint density at radius 3 is 2.76 bits per heavy atom. The van der Waals surface area contributed by atoms with Gasteiger partial charge in [0.2, 0.25) is 5.88 Å². The Bertz CT molecular complexity index is 638. The first-order valence-electron chi connectivity index (χ1n) is 8.07. The van der Waals surface area contributed by atoms with E-state index in [9.17, 15) is 8.42 Å². The minimum Gasteiger partial charge on any atom is -0.477 e. The summed E-state index contributed by atoms with van der Waals surface area (Å²) < 4.78 is 28.1. The maximum absolute atomic E-state index is 11.2. The average molecular weight is 484 g/mol. The van der Waals surface area contributed by atoms with Crippen molar-refractivity contribution in [2.75, 3.05) is 25.7 Å². The molecule has 0 aromatic carbocycles. The highest BCUT2D eigenvalue weighted by Crippen LogP contribution is 2.14. The number of rotatable bonds is 9. The van der Waals surface area contributed by atoms with E-state index in [-0.39, 0.29) is 35.8 Å². The average Bonchev–Trinajstić information content (AvgIpc) is 2.55. The van der Waals surface area contributed by atoms with Gasteiger partial charge in [0.1, 0.15) is 9.84 Å². The smallest absolute Gasteiger partial charge is 0.218 e. The summed E-state index contributed by atoms with van der Waals surface area (Å²) in [5.41, 5.74) is 0.942. The molecule has 1 atom stereocenters. The summed E-state index contributed by atoms with van der Waals surface area (Å²) >= 11 is 0. The van der Waals surface area contributed by atoms with Gasteiger partial charge in [0.25, 0.3) is 0 Å². The molecule has 25 heavy (non-hydrogen) atoms. The van der Waals surface area contributed by atoms with Gasteiger partial charge in [0.15, 0.2) is 5.96 Å². The van der Waals surface area contributed by atoms with Crippen LogP contribution in [0.5, 0.6) is 5.88 Å². The maximum Gasteiger partial charge on any atom is 0.218 e. The molecule has 0 aliphatic rings. The Morgan fingerprint density at radius 2 is 2.16 bits per heavy atom.